The van der Waals surface area contributed by atoms with Gasteiger partial charge >= 0.3 is 11.9 Å². The molecule has 2 aromatic rings. The van der Waals surface area contributed by atoms with E-state index in [1.165, 1.54) is 44.1 Å². The lowest BCUT2D eigenvalue weighted by Crippen LogP contribution is -2.12. The molecule has 6 heteroatoms. The third-order valence-electron chi connectivity index (χ3n) is 4.07. The minimum Gasteiger partial charge on any atom is -0.465 e. The number of benzene rings is 2. The van der Waals surface area contributed by atoms with Crippen LogP contribution in [0.25, 0.3) is 6.08 Å². The van der Waals surface area contributed by atoms with Gasteiger partial charge in [-0.15, -0.1) is 0 Å². The van der Waals surface area contributed by atoms with Crippen LogP contribution in [0.3, 0.4) is 0 Å². The van der Waals surface area contributed by atoms with Gasteiger partial charge < -0.3 is 14.8 Å². The van der Waals surface area contributed by atoms with E-state index < -0.39 is 17.8 Å². The second-order valence-electron chi connectivity index (χ2n) is 6.43. The average Bonchev–Trinajstić information content (AvgIpc) is 2.70. The summed E-state index contributed by atoms with van der Waals surface area (Å²) in [5.41, 5.74) is 2.66. The highest BCUT2D eigenvalue weighted by Gasteiger charge is 2.14. The van der Waals surface area contributed by atoms with E-state index in [2.05, 4.69) is 28.6 Å². The second kappa shape index (κ2) is 9.50. The van der Waals surface area contributed by atoms with Crippen molar-refractivity contribution in [2.24, 2.45) is 0 Å². The molecule has 1 N–H and O–H groups in total. The molecule has 0 fully saturated rings. The maximum Gasteiger partial charge on any atom is 0.337 e. The Kier molecular flexibility index (Phi) is 7.09. The van der Waals surface area contributed by atoms with Crippen LogP contribution in [-0.2, 0) is 14.3 Å². The number of hydrogen-bond donors (Lipinski definition) is 1. The molecule has 0 aliphatic rings. The van der Waals surface area contributed by atoms with Crippen molar-refractivity contribution < 1.29 is 23.9 Å². The van der Waals surface area contributed by atoms with Crippen LogP contribution < -0.4 is 5.32 Å². The van der Waals surface area contributed by atoms with Crippen LogP contribution in [0.2, 0.25) is 0 Å². The summed E-state index contributed by atoms with van der Waals surface area (Å²) in [6.07, 6.45) is 3.07. The Balaban J connectivity index is 2.17. The highest BCUT2D eigenvalue weighted by atomic mass is 16.5. The Hall–Kier alpha value is -3.41. The van der Waals surface area contributed by atoms with Gasteiger partial charge in [0.1, 0.15) is 0 Å². The first kappa shape index (κ1) is 20.9. The smallest absolute Gasteiger partial charge is 0.337 e. The van der Waals surface area contributed by atoms with E-state index >= 15 is 0 Å². The lowest BCUT2D eigenvalue weighted by Gasteiger charge is -2.08. The Bertz CT molecular complexity index is 863. The molecule has 2 aromatic carbocycles. The van der Waals surface area contributed by atoms with Gasteiger partial charge in [-0.1, -0.05) is 38.1 Å². The van der Waals surface area contributed by atoms with Crippen molar-refractivity contribution in [3.05, 3.63) is 70.8 Å². The number of anilines is 1. The molecule has 0 radical (unpaired) electrons. The van der Waals surface area contributed by atoms with E-state index in [0.29, 0.717) is 5.92 Å². The van der Waals surface area contributed by atoms with Crippen LogP contribution in [0.15, 0.2) is 48.5 Å². The van der Waals surface area contributed by atoms with Crippen LogP contribution in [0.5, 0.6) is 0 Å². The molecule has 0 aliphatic heterocycles. The van der Waals surface area contributed by atoms with Gasteiger partial charge in [0.25, 0.3) is 0 Å². The fourth-order valence-corrected chi connectivity index (χ4v) is 2.52. The van der Waals surface area contributed by atoms with E-state index in [1.807, 2.05) is 24.3 Å². The molecular formula is C22H23NO5. The fourth-order valence-electron chi connectivity index (χ4n) is 2.52. The molecule has 0 aromatic heterocycles. The van der Waals surface area contributed by atoms with Gasteiger partial charge in [-0.2, -0.15) is 0 Å². The molecule has 28 heavy (non-hydrogen) atoms. The van der Waals surface area contributed by atoms with Gasteiger partial charge in [0.15, 0.2) is 0 Å². The number of amides is 1. The van der Waals surface area contributed by atoms with Gasteiger partial charge in [0.05, 0.1) is 25.3 Å². The number of esters is 2. The van der Waals surface area contributed by atoms with E-state index in [0.717, 1.165) is 5.56 Å². The van der Waals surface area contributed by atoms with Crippen molar-refractivity contribution in [2.45, 2.75) is 19.8 Å². The number of rotatable bonds is 6. The summed E-state index contributed by atoms with van der Waals surface area (Å²) in [7, 11) is 2.47. The van der Waals surface area contributed by atoms with Crippen molar-refractivity contribution >= 4 is 29.6 Å². The van der Waals surface area contributed by atoms with Crippen molar-refractivity contribution in [1.82, 2.24) is 0 Å². The lowest BCUT2D eigenvalue weighted by molar-refractivity contribution is -0.111. The van der Waals surface area contributed by atoms with Crippen LogP contribution in [-0.4, -0.2) is 32.1 Å². The number of hydrogen-bond acceptors (Lipinski definition) is 5. The van der Waals surface area contributed by atoms with Gasteiger partial charge in [-0.3, -0.25) is 4.79 Å². The van der Waals surface area contributed by atoms with Crippen LogP contribution in [0.1, 0.15) is 51.6 Å². The van der Waals surface area contributed by atoms with Gasteiger partial charge in [-0.25, -0.2) is 9.59 Å². The van der Waals surface area contributed by atoms with Crippen LogP contribution in [0.4, 0.5) is 5.69 Å². The molecule has 1 amide bonds. The third kappa shape index (κ3) is 5.54. The van der Waals surface area contributed by atoms with Gasteiger partial charge in [0, 0.05) is 11.8 Å². The summed E-state index contributed by atoms with van der Waals surface area (Å²) in [6, 6.07) is 12.1. The number of carbonyl (C=O) groups is 3. The molecule has 0 aliphatic carbocycles. The monoisotopic (exact) mass is 381 g/mol. The van der Waals surface area contributed by atoms with Crippen molar-refractivity contribution in [3.63, 3.8) is 0 Å². The Morgan fingerprint density at radius 3 is 1.89 bits per heavy atom. The second-order valence-corrected chi connectivity index (χ2v) is 6.43. The van der Waals surface area contributed by atoms with Crippen LogP contribution in [0, 0.1) is 0 Å². The summed E-state index contributed by atoms with van der Waals surface area (Å²) in [5.74, 6) is -1.21. The Labute approximate surface area is 164 Å². The van der Waals surface area contributed by atoms with E-state index in [4.69, 9.17) is 0 Å². The number of ether oxygens (including phenoxy) is 2. The highest BCUT2D eigenvalue weighted by Crippen LogP contribution is 2.18. The minimum absolute atomic E-state index is 0.133. The molecule has 2 rings (SSSR count). The van der Waals surface area contributed by atoms with E-state index in [9.17, 15) is 14.4 Å². The SMILES string of the molecule is COC(=O)c1cc(NC(=O)C=Cc2ccc(C(C)C)cc2)cc(C(=O)OC)c1. The molecule has 6 nitrogen and oxygen atoms in total. The quantitative estimate of drug-likeness (QED) is 0.603. The first-order chi connectivity index (χ1) is 13.3. The largest absolute Gasteiger partial charge is 0.465 e. The summed E-state index contributed by atoms with van der Waals surface area (Å²) < 4.78 is 9.36. The number of methoxy groups -OCH3 is 2. The maximum absolute atomic E-state index is 12.2. The Morgan fingerprint density at radius 1 is 0.893 bits per heavy atom. The maximum atomic E-state index is 12.2. The summed E-state index contributed by atoms with van der Waals surface area (Å²) >= 11 is 0. The Morgan fingerprint density at radius 2 is 1.43 bits per heavy atom. The molecule has 0 atom stereocenters. The predicted molar refractivity (Wildman–Crippen MR) is 107 cm³/mol. The topological polar surface area (TPSA) is 81.7 Å². The average molecular weight is 381 g/mol. The van der Waals surface area contributed by atoms with E-state index in [1.54, 1.807) is 6.08 Å². The molecule has 0 heterocycles. The molecular weight excluding hydrogens is 358 g/mol. The zero-order valence-corrected chi connectivity index (χ0v) is 16.3. The minimum atomic E-state index is -0.623. The molecule has 0 unspecified atom stereocenters. The molecule has 0 saturated heterocycles. The normalized spacial score (nSPS) is 10.8. The fraction of sp³-hybridized carbons (Fsp3) is 0.227. The summed E-state index contributed by atoms with van der Waals surface area (Å²) in [6.45, 7) is 4.23. The number of carbonyl (C=O) groups excluding carboxylic acids is 3. The van der Waals surface area contributed by atoms with Crippen molar-refractivity contribution in [2.75, 3.05) is 19.5 Å². The van der Waals surface area contributed by atoms with Gasteiger partial charge in [0.2, 0.25) is 5.91 Å². The molecule has 0 bridgehead atoms. The van der Waals surface area contributed by atoms with Gasteiger partial charge in [-0.05, 0) is 41.3 Å². The number of nitrogens with one attached hydrogen (secondary N) is 1. The molecule has 146 valence electrons. The summed E-state index contributed by atoms with van der Waals surface area (Å²) in [4.78, 5) is 35.8. The predicted octanol–water partition coefficient (Wildman–Crippen LogP) is 4.04. The molecule has 0 spiro atoms. The first-order valence-electron chi connectivity index (χ1n) is 8.74. The zero-order chi connectivity index (χ0) is 20.7. The summed E-state index contributed by atoms with van der Waals surface area (Å²) in [5, 5.41) is 2.64. The highest BCUT2D eigenvalue weighted by molar-refractivity contribution is 6.04. The van der Waals surface area contributed by atoms with Crippen molar-refractivity contribution in [3.8, 4) is 0 Å². The van der Waals surface area contributed by atoms with E-state index in [-0.39, 0.29) is 16.8 Å². The van der Waals surface area contributed by atoms with Crippen LogP contribution >= 0.6 is 0 Å². The van der Waals surface area contributed by atoms with Crippen molar-refractivity contribution in [1.29, 1.82) is 0 Å². The third-order valence-corrected chi connectivity index (χ3v) is 4.07. The standard InChI is InChI=1S/C22H23NO5/c1-14(2)16-8-5-15(6-9-16)7-10-20(24)23-19-12-17(21(25)27-3)11-18(13-19)22(26)28-4/h5-14H,1-4H3,(H,23,24). The molecule has 0 saturated carbocycles. The zero-order valence-electron chi connectivity index (χ0n) is 16.3. The lowest BCUT2D eigenvalue weighted by atomic mass is 10.0. The first-order valence-corrected chi connectivity index (χ1v) is 8.74.